The molecular formula is C21H27N3O2. The van der Waals surface area contributed by atoms with Crippen LogP contribution < -0.4 is 4.74 Å². The minimum atomic E-state index is -0.0234. The van der Waals surface area contributed by atoms with E-state index >= 15 is 0 Å². The first kappa shape index (κ1) is 18.2. The molecule has 1 aliphatic carbocycles. The van der Waals surface area contributed by atoms with Crippen molar-refractivity contribution in [1.29, 1.82) is 0 Å². The molecule has 1 aromatic carbocycles. The Labute approximate surface area is 155 Å². The Morgan fingerprint density at radius 2 is 2.08 bits per heavy atom. The van der Waals surface area contributed by atoms with E-state index in [4.69, 9.17) is 4.74 Å². The van der Waals surface area contributed by atoms with Crippen molar-refractivity contribution in [2.75, 3.05) is 13.7 Å². The number of allylic oxidation sites excluding steroid dienone is 1. The van der Waals surface area contributed by atoms with Crippen molar-refractivity contribution in [3.8, 4) is 5.75 Å². The van der Waals surface area contributed by atoms with Crippen LogP contribution in [0.2, 0.25) is 0 Å². The Balaban J connectivity index is 1.74. The van der Waals surface area contributed by atoms with Gasteiger partial charge in [0.15, 0.2) is 5.82 Å². The molecular weight excluding hydrogens is 326 g/mol. The minimum Gasteiger partial charge on any atom is -0.497 e. The molecule has 0 aliphatic heterocycles. The summed E-state index contributed by atoms with van der Waals surface area (Å²) in [6, 6.07) is 7.89. The second kappa shape index (κ2) is 8.70. The molecule has 26 heavy (non-hydrogen) atoms. The number of rotatable bonds is 7. The van der Waals surface area contributed by atoms with Gasteiger partial charge in [0.1, 0.15) is 5.75 Å². The highest BCUT2D eigenvalue weighted by atomic mass is 16.5. The highest BCUT2D eigenvalue weighted by Gasteiger charge is 2.20. The molecule has 1 aliphatic rings. The maximum atomic E-state index is 13.0. The quantitative estimate of drug-likeness (QED) is 0.708. The van der Waals surface area contributed by atoms with Gasteiger partial charge < -0.3 is 14.2 Å². The Morgan fingerprint density at radius 1 is 1.27 bits per heavy atom. The third-order valence-electron chi connectivity index (χ3n) is 4.92. The number of carbonyl (C=O) groups excluding carboxylic acids is 1. The third-order valence-corrected chi connectivity index (χ3v) is 4.92. The average molecular weight is 353 g/mol. The number of methoxy groups -OCH3 is 1. The number of amides is 1. The molecule has 0 bridgehead atoms. The summed E-state index contributed by atoms with van der Waals surface area (Å²) < 4.78 is 7.00. The SMILES string of the molecule is COc1ccc(CN(CCC2=CCCCC2)C(=O)c2nccn2C)cc1. The molecule has 1 heterocycles. The molecule has 0 atom stereocenters. The van der Waals surface area contributed by atoms with E-state index in [-0.39, 0.29) is 5.91 Å². The van der Waals surface area contributed by atoms with Gasteiger partial charge >= 0.3 is 0 Å². The third kappa shape index (κ3) is 4.54. The summed E-state index contributed by atoms with van der Waals surface area (Å²) in [5.74, 6) is 1.28. The van der Waals surface area contributed by atoms with Crippen LogP contribution in [0, 0.1) is 0 Å². The Hall–Kier alpha value is -2.56. The van der Waals surface area contributed by atoms with E-state index in [1.54, 1.807) is 17.9 Å². The second-order valence-electron chi connectivity index (χ2n) is 6.79. The van der Waals surface area contributed by atoms with Crippen molar-refractivity contribution in [3.63, 3.8) is 0 Å². The molecule has 0 radical (unpaired) electrons. The molecule has 0 saturated heterocycles. The number of imidazole rings is 1. The topological polar surface area (TPSA) is 47.4 Å². The van der Waals surface area contributed by atoms with Gasteiger partial charge in [0.05, 0.1) is 7.11 Å². The molecule has 3 rings (SSSR count). The highest BCUT2D eigenvalue weighted by Crippen LogP contribution is 2.21. The van der Waals surface area contributed by atoms with Crippen molar-refractivity contribution in [2.45, 2.75) is 38.6 Å². The van der Waals surface area contributed by atoms with Gasteiger partial charge in [-0.3, -0.25) is 4.79 Å². The molecule has 0 fully saturated rings. The summed E-state index contributed by atoms with van der Waals surface area (Å²) in [5.41, 5.74) is 2.56. The number of ether oxygens (including phenoxy) is 1. The molecule has 1 aromatic heterocycles. The Bertz CT molecular complexity index is 762. The van der Waals surface area contributed by atoms with Gasteiger partial charge in [0.2, 0.25) is 0 Å². The number of aryl methyl sites for hydroxylation is 1. The largest absolute Gasteiger partial charge is 0.497 e. The molecule has 1 amide bonds. The molecule has 5 heteroatoms. The zero-order valence-electron chi connectivity index (χ0n) is 15.6. The molecule has 0 spiro atoms. The van der Waals surface area contributed by atoms with E-state index in [9.17, 15) is 4.79 Å². The van der Waals surface area contributed by atoms with E-state index in [1.165, 1.54) is 24.8 Å². The Kier molecular flexibility index (Phi) is 6.10. The first-order valence-electron chi connectivity index (χ1n) is 9.25. The number of carbonyl (C=O) groups is 1. The minimum absolute atomic E-state index is 0.0234. The molecule has 0 N–H and O–H groups in total. The number of nitrogens with zero attached hydrogens (tertiary/aromatic N) is 3. The van der Waals surface area contributed by atoms with Gasteiger partial charge in [-0.2, -0.15) is 0 Å². The maximum Gasteiger partial charge on any atom is 0.290 e. The first-order valence-corrected chi connectivity index (χ1v) is 9.25. The smallest absolute Gasteiger partial charge is 0.290 e. The Morgan fingerprint density at radius 3 is 2.69 bits per heavy atom. The number of hydrogen-bond acceptors (Lipinski definition) is 3. The lowest BCUT2D eigenvalue weighted by Crippen LogP contribution is -2.33. The summed E-state index contributed by atoms with van der Waals surface area (Å²) in [5, 5.41) is 0. The summed E-state index contributed by atoms with van der Waals surface area (Å²) >= 11 is 0. The van der Waals surface area contributed by atoms with Crippen LogP contribution in [-0.4, -0.2) is 34.0 Å². The van der Waals surface area contributed by atoms with E-state index in [1.807, 2.05) is 42.4 Å². The van der Waals surface area contributed by atoms with E-state index < -0.39 is 0 Å². The van der Waals surface area contributed by atoms with Gasteiger partial charge in [-0.15, -0.1) is 0 Å². The fourth-order valence-corrected chi connectivity index (χ4v) is 3.33. The van der Waals surface area contributed by atoms with E-state index in [0.717, 1.165) is 24.2 Å². The molecule has 0 saturated carbocycles. The van der Waals surface area contributed by atoms with Crippen LogP contribution in [0.4, 0.5) is 0 Å². The second-order valence-corrected chi connectivity index (χ2v) is 6.79. The van der Waals surface area contributed by atoms with Crippen LogP contribution in [0.15, 0.2) is 48.3 Å². The van der Waals surface area contributed by atoms with Crippen LogP contribution in [0.25, 0.3) is 0 Å². The van der Waals surface area contributed by atoms with Crippen molar-refractivity contribution < 1.29 is 9.53 Å². The molecule has 0 unspecified atom stereocenters. The van der Waals surface area contributed by atoms with Crippen LogP contribution in [0.5, 0.6) is 5.75 Å². The van der Waals surface area contributed by atoms with Crippen LogP contribution in [0.3, 0.4) is 0 Å². The standard InChI is InChI=1S/C21H27N3O2/c1-23-15-13-22-20(23)21(25)24(14-12-17-6-4-3-5-7-17)16-18-8-10-19(26-2)11-9-18/h6,8-11,13,15H,3-5,7,12,14,16H2,1-2H3. The normalized spacial score (nSPS) is 14.0. The summed E-state index contributed by atoms with van der Waals surface area (Å²) in [4.78, 5) is 19.2. The van der Waals surface area contributed by atoms with Crippen LogP contribution >= 0.6 is 0 Å². The summed E-state index contributed by atoms with van der Waals surface area (Å²) in [7, 11) is 3.51. The predicted octanol–water partition coefficient (Wildman–Crippen LogP) is 3.96. The van der Waals surface area contributed by atoms with Gasteiger partial charge in [0.25, 0.3) is 5.91 Å². The first-order chi connectivity index (χ1) is 12.7. The molecule has 2 aromatic rings. The summed E-state index contributed by atoms with van der Waals surface area (Å²) in [6.45, 7) is 1.28. The van der Waals surface area contributed by atoms with Crippen molar-refractivity contribution in [1.82, 2.24) is 14.5 Å². The molecule has 138 valence electrons. The fourth-order valence-electron chi connectivity index (χ4n) is 3.33. The monoisotopic (exact) mass is 353 g/mol. The van der Waals surface area contributed by atoms with Gasteiger partial charge in [-0.05, 0) is 49.8 Å². The average Bonchev–Trinajstić information content (AvgIpc) is 3.12. The zero-order valence-corrected chi connectivity index (χ0v) is 15.6. The van der Waals surface area contributed by atoms with Crippen LogP contribution in [0.1, 0.15) is 48.3 Å². The number of hydrogen-bond donors (Lipinski definition) is 0. The number of benzene rings is 1. The summed E-state index contributed by atoms with van der Waals surface area (Å²) in [6.07, 6.45) is 11.6. The zero-order chi connectivity index (χ0) is 18.4. The van der Waals surface area contributed by atoms with Gasteiger partial charge in [-0.25, -0.2) is 4.98 Å². The van der Waals surface area contributed by atoms with E-state index in [2.05, 4.69) is 11.1 Å². The van der Waals surface area contributed by atoms with Crippen molar-refractivity contribution in [2.24, 2.45) is 7.05 Å². The van der Waals surface area contributed by atoms with Crippen molar-refractivity contribution in [3.05, 3.63) is 59.7 Å². The highest BCUT2D eigenvalue weighted by molar-refractivity contribution is 5.90. The van der Waals surface area contributed by atoms with Crippen molar-refractivity contribution >= 4 is 5.91 Å². The molecule has 5 nitrogen and oxygen atoms in total. The lowest BCUT2D eigenvalue weighted by Gasteiger charge is -2.24. The predicted molar refractivity (Wildman–Crippen MR) is 102 cm³/mol. The van der Waals surface area contributed by atoms with Gasteiger partial charge in [0, 0.05) is 32.5 Å². The van der Waals surface area contributed by atoms with Crippen LogP contribution in [-0.2, 0) is 13.6 Å². The fraction of sp³-hybridized carbons (Fsp3) is 0.429. The number of aromatic nitrogens is 2. The maximum absolute atomic E-state index is 13.0. The van der Waals surface area contributed by atoms with E-state index in [0.29, 0.717) is 18.9 Å². The van der Waals surface area contributed by atoms with Gasteiger partial charge in [-0.1, -0.05) is 23.8 Å². The lowest BCUT2D eigenvalue weighted by molar-refractivity contribution is 0.0728. The lowest BCUT2D eigenvalue weighted by atomic mass is 9.97.